The average molecular weight is 229 g/mol. The largest absolute Gasteiger partial charge is 0.480 e. The van der Waals surface area contributed by atoms with Crippen LogP contribution < -0.4 is 5.73 Å². The van der Waals surface area contributed by atoms with Crippen LogP contribution in [0.25, 0.3) is 0 Å². The monoisotopic (exact) mass is 229 g/mol. The van der Waals surface area contributed by atoms with E-state index in [-0.39, 0.29) is 17.9 Å². The predicted molar refractivity (Wildman–Crippen MR) is 62.2 cm³/mol. The Balaban J connectivity index is 2.32. The highest BCUT2D eigenvalue weighted by Crippen LogP contribution is 2.38. The molecule has 0 spiro atoms. The fourth-order valence-electron chi connectivity index (χ4n) is 1.57. The van der Waals surface area contributed by atoms with Gasteiger partial charge in [-0.1, -0.05) is 20.8 Å². The minimum Gasteiger partial charge on any atom is -0.480 e. The second kappa shape index (κ2) is 4.72. The number of carboxylic acids is 1. The Morgan fingerprint density at radius 3 is 2.38 bits per heavy atom. The van der Waals surface area contributed by atoms with Gasteiger partial charge in [-0.25, -0.2) is 0 Å². The van der Waals surface area contributed by atoms with E-state index < -0.39 is 11.5 Å². The van der Waals surface area contributed by atoms with Crippen molar-refractivity contribution in [2.75, 3.05) is 13.2 Å². The molecule has 0 saturated heterocycles. The standard InChI is InChI=1S/C12H23NO3/c1-11(2,3)6-7-16-8-12(13,10(14)15)9-4-5-9/h9H,4-8,13H2,1-3H3,(H,14,15). The second-order valence-electron chi connectivity index (χ2n) is 5.98. The molecule has 1 unspecified atom stereocenters. The summed E-state index contributed by atoms with van der Waals surface area (Å²) in [5, 5.41) is 9.10. The van der Waals surface area contributed by atoms with Crippen molar-refractivity contribution < 1.29 is 14.6 Å². The summed E-state index contributed by atoms with van der Waals surface area (Å²) >= 11 is 0. The van der Waals surface area contributed by atoms with E-state index in [0.717, 1.165) is 19.3 Å². The van der Waals surface area contributed by atoms with Crippen molar-refractivity contribution in [3.63, 3.8) is 0 Å². The van der Waals surface area contributed by atoms with Crippen LogP contribution in [0.2, 0.25) is 0 Å². The van der Waals surface area contributed by atoms with Gasteiger partial charge in [0.1, 0.15) is 5.54 Å². The first-order chi connectivity index (χ1) is 7.26. The zero-order valence-corrected chi connectivity index (χ0v) is 10.5. The molecule has 1 saturated carbocycles. The van der Waals surface area contributed by atoms with Crippen molar-refractivity contribution in [1.29, 1.82) is 0 Å². The molecule has 1 aliphatic rings. The van der Waals surface area contributed by atoms with Crippen molar-refractivity contribution in [3.05, 3.63) is 0 Å². The molecular formula is C12H23NO3. The fraction of sp³-hybridized carbons (Fsp3) is 0.917. The van der Waals surface area contributed by atoms with Crippen LogP contribution in [0.5, 0.6) is 0 Å². The fourth-order valence-corrected chi connectivity index (χ4v) is 1.57. The van der Waals surface area contributed by atoms with Gasteiger partial charge in [0.15, 0.2) is 0 Å². The third-order valence-corrected chi connectivity index (χ3v) is 3.04. The van der Waals surface area contributed by atoms with Gasteiger partial charge in [-0.05, 0) is 30.6 Å². The normalized spacial score (nSPS) is 20.5. The van der Waals surface area contributed by atoms with Crippen LogP contribution in [0.3, 0.4) is 0 Å². The lowest BCUT2D eigenvalue weighted by Crippen LogP contribution is -2.54. The Hall–Kier alpha value is -0.610. The Labute approximate surface area is 97.2 Å². The summed E-state index contributed by atoms with van der Waals surface area (Å²) in [4.78, 5) is 11.1. The third kappa shape index (κ3) is 3.76. The summed E-state index contributed by atoms with van der Waals surface area (Å²) in [7, 11) is 0. The van der Waals surface area contributed by atoms with Crippen LogP contribution >= 0.6 is 0 Å². The van der Waals surface area contributed by atoms with E-state index in [1.807, 2.05) is 0 Å². The molecule has 0 heterocycles. The predicted octanol–water partition coefficient (Wildman–Crippen LogP) is 1.63. The molecule has 1 rings (SSSR count). The molecule has 0 aromatic heterocycles. The minimum absolute atomic E-state index is 0.0969. The number of carbonyl (C=O) groups is 1. The highest BCUT2D eigenvalue weighted by molar-refractivity contribution is 5.79. The molecule has 0 amide bonds. The SMILES string of the molecule is CC(C)(C)CCOCC(N)(C(=O)O)C1CC1. The summed E-state index contributed by atoms with van der Waals surface area (Å²) in [5.41, 5.74) is 4.91. The van der Waals surface area contributed by atoms with Gasteiger partial charge in [0.05, 0.1) is 6.61 Å². The number of hydrogen-bond donors (Lipinski definition) is 2. The maximum absolute atomic E-state index is 11.1. The van der Waals surface area contributed by atoms with E-state index in [9.17, 15) is 4.79 Å². The lowest BCUT2D eigenvalue weighted by atomic mass is 9.92. The maximum atomic E-state index is 11.1. The highest BCUT2D eigenvalue weighted by Gasteiger charge is 2.48. The number of ether oxygens (including phenoxy) is 1. The highest BCUT2D eigenvalue weighted by atomic mass is 16.5. The zero-order valence-electron chi connectivity index (χ0n) is 10.5. The molecule has 0 bridgehead atoms. The topological polar surface area (TPSA) is 72.5 Å². The van der Waals surface area contributed by atoms with Crippen molar-refractivity contribution in [3.8, 4) is 0 Å². The van der Waals surface area contributed by atoms with E-state index in [4.69, 9.17) is 15.6 Å². The smallest absolute Gasteiger partial charge is 0.326 e. The summed E-state index contributed by atoms with van der Waals surface area (Å²) < 4.78 is 5.43. The van der Waals surface area contributed by atoms with Gasteiger partial charge in [0, 0.05) is 6.61 Å². The summed E-state index contributed by atoms with van der Waals surface area (Å²) in [6, 6.07) is 0. The Morgan fingerprint density at radius 1 is 1.44 bits per heavy atom. The summed E-state index contributed by atoms with van der Waals surface area (Å²) in [6.45, 7) is 7.09. The first-order valence-corrected chi connectivity index (χ1v) is 5.86. The molecule has 4 heteroatoms. The van der Waals surface area contributed by atoms with E-state index in [2.05, 4.69) is 20.8 Å². The first-order valence-electron chi connectivity index (χ1n) is 5.86. The molecule has 94 valence electrons. The van der Waals surface area contributed by atoms with Gasteiger partial charge in [0.25, 0.3) is 0 Å². The van der Waals surface area contributed by atoms with E-state index in [1.165, 1.54) is 0 Å². The average Bonchev–Trinajstić information content (AvgIpc) is 2.93. The van der Waals surface area contributed by atoms with Crippen LogP contribution in [0.15, 0.2) is 0 Å². The quantitative estimate of drug-likeness (QED) is 0.679. The number of aliphatic carboxylic acids is 1. The van der Waals surface area contributed by atoms with Crippen molar-refractivity contribution in [2.24, 2.45) is 17.1 Å². The van der Waals surface area contributed by atoms with Crippen LogP contribution in [-0.2, 0) is 9.53 Å². The van der Waals surface area contributed by atoms with E-state index in [0.29, 0.717) is 6.61 Å². The van der Waals surface area contributed by atoms with Crippen molar-refractivity contribution in [1.82, 2.24) is 0 Å². The van der Waals surface area contributed by atoms with Crippen LogP contribution in [0, 0.1) is 11.3 Å². The number of nitrogens with two attached hydrogens (primary N) is 1. The van der Waals surface area contributed by atoms with Gasteiger partial charge < -0.3 is 15.6 Å². The van der Waals surface area contributed by atoms with Gasteiger partial charge >= 0.3 is 5.97 Å². The third-order valence-electron chi connectivity index (χ3n) is 3.04. The lowest BCUT2D eigenvalue weighted by Gasteiger charge is -2.25. The van der Waals surface area contributed by atoms with Crippen LogP contribution in [-0.4, -0.2) is 29.8 Å². The molecule has 4 nitrogen and oxygen atoms in total. The summed E-state index contributed by atoms with van der Waals surface area (Å²) in [6.07, 6.45) is 2.73. The van der Waals surface area contributed by atoms with E-state index in [1.54, 1.807) is 0 Å². The molecule has 1 atom stereocenters. The molecular weight excluding hydrogens is 206 g/mol. The molecule has 0 radical (unpaired) electrons. The number of hydrogen-bond acceptors (Lipinski definition) is 3. The maximum Gasteiger partial charge on any atom is 0.326 e. The van der Waals surface area contributed by atoms with Gasteiger partial charge in [-0.2, -0.15) is 0 Å². The molecule has 16 heavy (non-hydrogen) atoms. The lowest BCUT2D eigenvalue weighted by molar-refractivity contribution is -0.147. The van der Waals surface area contributed by atoms with Gasteiger partial charge in [-0.15, -0.1) is 0 Å². The number of carboxylic acid groups (broad SMARTS) is 1. The first kappa shape index (κ1) is 13.5. The number of rotatable bonds is 6. The van der Waals surface area contributed by atoms with Gasteiger partial charge in [0.2, 0.25) is 0 Å². The molecule has 3 N–H and O–H groups in total. The molecule has 0 aromatic rings. The molecule has 1 fully saturated rings. The molecule has 0 aliphatic heterocycles. The molecule has 1 aliphatic carbocycles. The Morgan fingerprint density at radius 2 is 2.00 bits per heavy atom. The summed E-state index contributed by atoms with van der Waals surface area (Å²) in [5.74, 6) is -0.842. The second-order valence-corrected chi connectivity index (χ2v) is 5.98. The Kier molecular flexibility index (Phi) is 3.97. The Bertz CT molecular complexity index is 255. The van der Waals surface area contributed by atoms with E-state index >= 15 is 0 Å². The molecule has 0 aromatic carbocycles. The van der Waals surface area contributed by atoms with Crippen LogP contribution in [0.1, 0.15) is 40.0 Å². The van der Waals surface area contributed by atoms with Crippen molar-refractivity contribution >= 4 is 5.97 Å². The van der Waals surface area contributed by atoms with Crippen LogP contribution in [0.4, 0.5) is 0 Å². The zero-order chi connectivity index (χ0) is 12.4. The van der Waals surface area contributed by atoms with Crippen molar-refractivity contribution in [2.45, 2.75) is 45.6 Å². The van der Waals surface area contributed by atoms with Gasteiger partial charge in [-0.3, -0.25) is 4.79 Å². The minimum atomic E-state index is -1.17.